The quantitative estimate of drug-likeness (QED) is 0.636. The van der Waals surface area contributed by atoms with Crippen LogP contribution in [0.2, 0.25) is 0 Å². The molecule has 0 spiro atoms. The normalized spacial score (nSPS) is 11.7. The van der Waals surface area contributed by atoms with Crippen molar-refractivity contribution in [2.24, 2.45) is 0 Å². The summed E-state index contributed by atoms with van der Waals surface area (Å²) in [6.07, 6.45) is 2.44. The highest BCUT2D eigenvalue weighted by molar-refractivity contribution is 8.00. The van der Waals surface area contributed by atoms with Crippen molar-refractivity contribution < 1.29 is 4.79 Å². The van der Waals surface area contributed by atoms with E-state index in [1.54, 1.807) is 0 Å². The van der Waals surface area contributed by atoms with Gasteiger partial charge in [0.1, 0.15) is 5.78 Å². The number of hydrogen-bond donors (Lipinski definition) is 0. The Hall–Kier alpha value is 0.0200. The first-order valence-electron chi connectivity index (χ1n) is 4.67. The van der Waals surface area contributed by atoms with Gasteiger partial charge in [-0.2, -0.15) is 11.8 Å². The number of hydrogen-bond acceptors (Lipinski definition) is 2. The van der Waals surface area contributed by atoms with Gasteiger partial charge in [0.05, 0.1) is 0 Å². The molecule has 72 valence electrons. The van der Waals surface area contributed by atoms with Crippen molar-refractivity contribution in [1.82, 2.24) is 0 Å². The van der Waals surface area contributed by atoms with E-state index in [1.165, 1.54) is 0 Å². The lowest BCUT2D eigenvalue weighted by molar-refractivity contribution is -0.119. The van der Waals surface area contributed by atoms with Crippen molar-refractivity contribution in [2.75, 3.05) is 5.75 Å². The van der Waals surface area contributed by atoms with E-state index >= 15 is 0 Å². The first-order chi connectivity index (χ1) is 5.52. The van der Waals surface area contributed by atoms with Gasteiger partial charge in [0.2, 0.25) is 0 Å². The van der Waals surface area contributed by atoms with Crippen molar-refractivity contribution in [1.29, 1.82) is 0 Å². The summed E-state index contributed by atoms with van der Waals surface area (Å²) in [6.45, 7) is 8.48. The fourth-order valence-corrected chi connectivity index (χ4v) is 2.33. The summed E-state index contributed by atoms with van der Waals surface area (Å²) in [6, 6.07) is 0. The van der Waals surface area contributed by atoms with Crippen LogP contribution >= 0.6 is 11.8 Å². The number of thioether (sulfide) groups is 1. The fourth-order valence-electron chi connectivity index (χ4n) is 1.28. The molecule has 0 aromatic carbocycles. The second-order valence-electron chi connectivity index (χ2n) is 3.66. The molecular weight excluding hydrogens is 168 g/mol. The van der Waals surface area contributed by atoms with E-state index in [0.717, 1.165) is 25.0 Å². The van der Waals surface area contributed by atoms with Crippen molar-refractivity contribution in [3.05, 3.63) is 0 Å². The molecule has 0 aromatic heterocycles. The molecule has 0 amide bonds. The van der Waals surface area contributed by atoms with Crippen LogP contribution in [0.1, 0.15) is 47.0 Å². The number of ketones is 1. The maximum atomic E-state index is 11.3. The van der Waals surface area contributed by atoms with Crippen LogP contribution in [0, 0.1) is 0 Å². The van der Waals surface area contributed by atoms with Crippen LogP contribution in [0.5, 0.6) is 0 Å². The summed E-state index contributed by atoms with van der Waals surface area (Å²) in [7, 11) is 0. The van der Waals surface area contributed by atoms with Crippen LogP contribution < -0.4 is 0 Å². The molecule has 0 rings (SSSR count). The van der Waals surface area contributed by atoms with Gasteiger partial charge in [-0.15, -0.1) is 0 Å². The molecule has 1 nitrogen and oxygen atoms in total. The van der Waals surface area contributed by atoms with Crippen LogP contribution in [0.15, 0.2) is 0 Å². The average Bonchev–Trinajstić information content (AvgIpc) is 1.85. The summed E-state index contributed by atoms with van der Waals surface area (Å²) >= 11 is 1.87. The standard InChI is InChI=1S/C10H20OS/c1-5-7-9(11)8-10(3,4)12-6-2/h5-8H2,1-4H3. The molecule has 0 fully saturated rings. The van der Waals surface area contributed by atoms with Gasteiger partial charge in [-0.1, -0.05) is 27.7 Å². The van der Waals surface area contributed by atoms with Crippen molar-refractivity contribution in [3.63, 3.8) is 0 Å². The molecule has 0 aromatic rings. The first-order valence-corrected chi connectivity index (χ1v) is 5.66. The molecule has 0 heterocycles. The Labute approximate surface area is 80.3 Å². The Kier molecular flexibility index (Phi) is 5.64. The van der Waals surface area contributed by atoms with Crippen LogP contribution in [-0.2, 0) is 4.79 Å². The molecule has 0 atom stereocenters. The molecule has 0 saturated carbocycles. The fraction of sp³-hybridized carbons (Fsp3) is 0.900. The van der Waals surface area contributed by atoms with E-state index in [1.807, 2.05) is 11.8 Å². The highest BCUT2D eigenvalue weighted by Gasteiger charge is 2.20. The summed E-state index contributed by atoms with van der Waals surface area (Å²) in [5.74, 6) is 1.50. The van der Waals surface area contributed by atoms with Crippen molar-refractivity contribution in [3.8, 4) is 0 Å². The Morgan fingerprint density at radius 3 is 2.33 bits per heavy atom. The van der Waals surface area contributed by atoms with Crippen LogP contribution in [-0.4, -0.2) is 16.3 Å². The van der Waals surface area contributed by atoms with Crippen molar-refractivity contribution in [2.45, 2.75) is 51.7 Å². The summed E-state index contributed by atoms with van der Waals surface area (Å²) in [5, 5.41) is 0. The molecule has 0 aliphatic rings. The lowest BCUT2D eigenvalue weighted by atomic mass is 10.0. The SMILES string of the molecule is CCCC(=O)CC(C)(C)SCC. The minimum Gasteiger partial charge on any atom is -0.300 e. The molecule has 0 N–H and O–H groups in total. The highest BCUT2D eigenvalue weighted by Crippen LogP contribution is 2.28. The Morgan fingerprint density at radius 1 is 1.33 bits per heavy atom. The van der Waals surface area contributed by atoms with Gasteiger partial charge < -0.3 is 0 Å². The monoisotopic (exact) mass is 188 g/mol. The Balaban J connectivity index is 3.79. The van der Waals surface area contributed by atoms with Gasteiger partial charge >= 0.3 is 0 Å². The third kappa shape index (κ3) is 5.64. The first kappa shape index (κ1) is 12.0. The van der Waals surface area contributed by atoms with Gasteiger partial charge in [0.25, 0.3) is 0 Å². The second-order valence-corrected chi connectivity index (χ2v) is 5.63. The molecule has 0 aliphatic heterocycles. The van der Waals surface area contributed by atoms with Gasteiger partial charge in [-0.25, -0.2) is 0 Å². The van der Waals surface area contributed by atoms with Crippen LogP contribution in [0.3, 0.4) is 0 Å². The van der Waals surface area contributed by atoms with Crippen LogP contribution in [0.4, 0.5) is 0 Å². The van der Waals surface area contributed by atoms with Crippen molar-refractivity contribution >= 4 is 17.5 Å². The number of rotatable bonds is 6. The van der Waals surface area contributed by atoms with Gasteiger partial charge in [-0.3, -0.25) is 4.79 Å². The van der Waals surface area contributed by atoms with Crippen LogP contribution in [0.25, 0.3) is 0 Å². The zero-order valence-electron chi connectivity index (χ0n) is 8.64. The lowest BCUT2D eigenvalue weighted by Crippen LogP contribution is -2.20. The Morgan fingerprint density at radius 2 is 1.92 bits per heavy atom. The third-order valence-corrected chi connectivity index (χ3v) is 2.90. The Bertz CT molecular complexity index is 141. The lowest BCUT2D eigenvalue weighted by Gasteiger charge is -2.22. The molecular formula is C10H20OS. The van der Waals surface area contributed by atoms with E-state index in [-0.39, 0.29) is 4.75 Å². The predicted molar refractivity (Wildman–Crippen MR) is 56.7 cm³/mol. The largest absolute Gasteiger partial charge is 0.300 e. The summed E-state index contributed by atoms with van der Waals surface area (Å²) < 4.78 is 0.140. The molecule has 0 saturated heterocycles. The number of carbonyl (C=O) groups excluding carboxylic acids is 1. The molecule has 0 aliphatic carbocycles. The highest BCUT2D eigenvalue weighted by atomic mass is 32.2. The van der Waals surface area contributed by atoms with E-state index in [2.05, 4.69) is 27.7 Å². The summed E-state index contributed by atoms with van der Waals surface area (Å²) in [4.78, 5) is 11.3. The average molecular weight is 188 g/mol. The topological polar surface area (TPSA) is 17.1 Å². The van der Waals surface area contributed by atoms with E-state index in [9.17, 15) is 4.79 Å². The maximum Gasteiger partial charge on any atom is 0.134 e. The molecule has 2 heteroatoms. The molecule has 12 heavy (non-hydrogen) atoms. The molecule has 0 radical (unpaired) electrons. The maximum absolute atomic E-state index is 11.3. The zero-order valence-corrected chi connectivity index (χ0v) is 9.46. The zero-order chi connectivity index (χ0) is 9.61. The van der Waals surface area contributed by atoms with E-state index in [0.29, 0.717) is 5.78 Å². The third-order valence-electron chi connectivity index (χ3n) is 1.69. The smallest absolute Gasteiger partial charge is 0.134 e. The van der Waals surface area contributed by atoms with Gasteiger partial charge in [-0.05, 0) is 12.2 Å². The second kappa shape index (κ2) is 5.63. The van der Waals surface area contributed by atoms with E-state index < -0.39 is 0 Å². The van der Waals surface area contributed by atoms with E-state index in [4.69, 9.17) is 0 Å². The predicted octanol–water partition coefficient (Wildman–Crippen LogP) is 3.28. The number of Topliss-reactive ketones (excluding diaryl/α,β-unsaturated/α-hetero) is 1. The number of carbonyl (C=O) groups is 1. The minimum absolute atomic E-state index is 0.140. The molecule has 0 bridgehead atoms. The van der Waals surface area contributed by atoms with Gasteiger partial charge in [0.15, 0.2) is 0 Å². The minimum atomic E-state index is 0.140. The summed E-state index contributed by atoms with van der Waals surface area (Å²) in [5.41, 5.74) is 0. The van der Waals surface area contributed by atoms with Gasteiger partial charge in [0, 0.05) is 17.6 Å². The molecule has 0 unspecified atom stereocenters.